The normalized spacial score (nSPS) is 15.3. The van der Waals surface area contributed by atoms with Crippen LogP contribution in [0.3, 0.4) is 0 Å². The van der Waals surface area contributed by atoms with Crippen molar-refractivity contribution >= 4 is 5.91 Å². The third-order valence-electron chi connectivity index (χ3n) is 3.63. The molecule has 1 aliphatic rings. The second-order valence-electron chi connectivity index (χ2n) is 5.52. The molecule has 0 radical (unpaired) electrons. The molecule has 5 heteroatoms. The van der Waals surface area contributed by atoms with Gasteiger partial charge in [0.2, 0.25) is 0 Å². The fourth-order valence-corrected chi connectivity index (χ4v) is 2.07. The van der Waals surface area contributed by atoms with Crippen LogP contribution >= 0.6 is 0 Å². The highest BCUT2D eigenvalue weighted by Gasteiger charge is 2.21. The Hall–Kier alpha value is -2.27. The fraction of sp³-hybridized carbons (Fsp3) is 0.353. The Labute approximate surface area is 128 Å². The molecule has 116 valence electrons. The highest BCUT2D eigenvalue weighted by Crippen LogP contribution is 2.29. The summed E-state index contributed by atoms with van der Waals surface area (Å²) in [4.78, 5) is 12.0. The number of furan rings is 1. The van der Waals surface area contributed by atoms with Crippen molar-refractivity contribution in [3.63, 3.8) is 0 Å². The number of aliphatic hydroxyl groups is 1. The van der Waals surface area contributed by atoms with Gasteiger partial charge in [-0.15, -0.1) is 0 Å². The van der Waals surface area contributed by atoms with Crippen LogP contribution in [-0.2, 0) is 0 Å². The molecule has 1 atom stereocenters. The number of benzene rings is 1. The number of rotatable bonds is 7. The van der Waals surface area contributed by atoms with E-state index >= 15 is 0 Å². The molecule has 1 fully saturated rings. The summed E-state index contributed by atoms with van der Waals surface area (Å²) in [6, 6.07) is 10.4. The maximum absolute atomic E-state index is 12.0. The summed E-state index contributed by atoms with van der Waals surface area (Å²) in [5.41, 5.74) is 0.533. The number of hydrogen-bond donors (Lipinski definition) is 2. The molecule has 1 saturated carbocycles. The summed E-state index contributed by atoms with van der Waals surface area (Å²) >= 11 is 0. The molecule has 1 aromatic heterocycles. The molecule has 0 saturated heterocycles. The van der Waals surface area contributed by atoms with Gasteiger partial charge in [0.25, 0.3) is 5.91 Å². The first-order chi connectivity index (χ1) is 10.7. The topological polar surface area (TPSA) is 71.7 Å². The first-order valence-electron chi connectivity index (χ1n) is 7.45. The van der Waals surface area contributed by atoms with Crippen molar-refractivity contribution in [2.75, 3.05) is 13.2 Å². The summed E-state index contributed by atoms with van der Waals surface area (Å²) in [6.07, 6.45) is 3.14. The molecule has 0 aliphatic heterocycles. The minimum absolute atomic E-state index is 0.103. The van der Waals surface area contributed by atoms with E-state index in [0.717, 1.165) is 12.4 Å². The third kappa shape index (κ3) is 3.89. The minimum Gasteiger partial charge on any atom is -0.493 e. The van der Waals surface area contributed by atoms with Crippen molar-refractivity contribution in [2.45, 2.75) is 18.9 Å². The summed E-state index contributed by atoms with van der Waals surface area (Å²) in [7, 11) is 0. The highest BCUT2D eigenvalue weighted by molar-refractivity contribution is 5.94. The molecule has 2 aromatic rings. The second kappa shape index (κ2) is 6.66. The zero-order valence-electron chi connectivity index (χ0n) is 12.2. The number of nitrogens with one attached hydrogen (secondary N) is 1. The number of ether oxygens (including phenoxy) is 1. The molecule has 2 N–H and O–H groups in total. The van der Waals surface area contributed by atoms with Gasteiger partial charge >= 0.3 is 0 Å². The monoisotopic (exact) mass is 301 g/mol. The minimum atomic E-state index is -0.847. The van der Waals surface area contributed by atoms with Gasteiger partial charge in [-0.2, -0.15) is 0 Å². The molecule has 1 heterocycles. The van der Waals surface area contributed by atoms with E-state index in [0.29, 0.717) is 17.2 Å². The molecule has 0 bridgehead atoms. The largest absolute Gasteiger partial charge is 0.493 e. The average molecular weight is 301 g/mol. The van der Waals surface area contributed by atoms with E-state index in [-0.39, 0.29) is 12.5 Å². The lowest BCUT2D eigenvalue weighted by Gasteiger charge is -2.10. The molecular weight excluding hydrogens is 282 g/mol. The average Bonchev–Trinajstić information content (AvgIpc) is 3.22. The van der Waals surface area contributed by atoms with Crippen LogP contribution in [0.25, 0.3) is 0 Å². The summed E-state index contributed by atoms with van der Waals surface area (Å²) in [5.74, 6) is 1.67. The third-order valence-corrected chi connectivity index (χ3v) is 3.63. The van der Waals surface area contributed by atoms with Crippen LogP contribution in [0, 0.1) is 5.92 Å². The lowest BCUT2D eigenvalue weighted by molar-refractivity contribution is 0.0901. The zero-order chi connectivity index (χ0) is 15.4. The fourth-order valence-electron chi connectivity index (χ4n) is 2.07. The number of amides is 1. The van der Waals surface area contributed by atoms with Crippen LogP contribution in [0.1, 0.15) is 35.1 Å². The van der Waals surface area contributed by atoms with E-state index in [4.69, 9.17) is 9.15 Å². The lowest BCUT2D eigenvalue weighted by Crippen LogP contribution is -2.28. The van der Waals surface area contributed by atoms with Crippen LogP contribution in [0.15, 0.2) is 47.1 Å². The first-order valence-corrected chi connectivity index (χ1v) is 7.45. The van der Waals surface area contributed by atoms with Crippen LogP contribution in [-0.4, -0.2) is 24.2 Å². The van der Waals surface area contributed by atoms with Gasteiger partial charge in [-0.3, -0.25) is 4.79 Å². The zero-order valence-corrected chi connectivity index (χ0v) is 12.2. The Kier molecular flexibility index (Phi) is 4.44. The van der Waals surface area contributed by atoms with Gasteiger partial charge < -0.3 is 19.6 Å². The molecule has 22 heavy (non-hydrogen) atoms. The summed E-state index contributed by atoms with van der Waals surface area (Å²) < 4.78 is 10.7. The molecule has 1 aromatic carbocycles. The SMILES string of the molecule is O=C(NCC(O)c1ccco1)c1ccc(OCC2CC2)cc1. The van der Waals surface area contributed by atoms with Crippen molar-refractivity contribution in [3.05, 3.63) is 54.0 Å². The molecule has 5 nitrogen and oxygen atoms in total. The van der Waals surface area contributed by atoms with Gasteiger partial charge in [-0.05, 0) is 55.2 Å². The number of aliphatic hydroxyl groups excluding tert-OH is 1. The molecule has 1 amide bonds. The van der Waals surface area contributed by atoms with Crippen LogP contribution in [0.2, 0.25) is 0 Å². The van der Waals surface area contributed by atoms with Gasteiger partial charge in [0, 0.05) is 5.56 Å². The van der Waals surface area contributed by atoms with E-state index in [2.05, 4.69) is 5.32 Å². The van der Waals surface area contributed by atoms with Crippen LogP contribution in [0.4, 0.5) is 0 Å². The van der Waals surface area contributed by atoms with Crippen molar-refractivity contribution in [3.8, 4) is 5.75 Å². The Bertz CT molecular complexity index is 602. The first kappa shape index (κ1) is 14.7. The van der Waals surface area contributed by atoms with Crippen molar-refractivity contribution in [1.82, 2.24) is 5.32 Å². The van der Waals surface area contributed by atoms with E-state index in [9.17, 15) is 9.90 Å². The lowest BCUT2D eigenvalue weighted by atomic mass is 10.2. The van der Waals surface area contributed by atoms with Crippen LogP contribution < -0.4 is 10.1 Å². The molecular formula is C17H19NO4. The predicted molar refractivity (Wildman–Crippen MR) is 80.7 cm³/mol. The maximum atomic E-state index is 12.0. The molecule has 1 aliphatic carbocycles. The van der Waals surface area contributed by atoms with Gasteiger partial charge in [0.15, 0.2) is 0 Å². The summed E-state index contributed by atoms with van der Waals surface area (Å²) in [5, 5.41) is 12.5. The molecule has 0 spiro atoms. The van der Waals surface area contributed by atoms with Gasteiger partial charge in [-0.25, -0.2) is 0 Å². The van der Waals surface area contributed by atoms with Crippen LogP contribution in [0.5, 0.6) is 5.75 Å². The van der Waals surface area contributed by atoms with E-state index < -0.39 is 6.10 Å². The standard InChI is InChI=1S/C17H19NO4/c19-15(16-2-1-9-21-16)10-18-17(20)13-5-7-14(8-6-13)22-11-12-3-4-12/h1-2,5-9,12,15,19H,3-4,10-11H2,(H,18,20). The number of carbonyl (C=O) groups excluding carboxylic acids is 1. The number of carbonyl (C=O) groups is 1. The Morgan fingerprint density at radius 2 is 2.09 bits per heavy atom. The smallest absolute Gasteiger partial charge is 0.251 e. The van der Waals surface area contributed by atoms with Crippen molar-refractivity contribution in [2.24, 2.45) is 5.92 Å². The van der Waals surface area contributed by atoms with Crippen molar-refractivity contribution in [1.29, 1.82) is 0 Å². The van der Waals surface area contributed by atoms with Gasteiger partial charge in [0.05, 0.1) is 19.4 Å². The number of hydrogen-bond acceptors (Lipinski definition) is 4. The maximum Gasteiger partial charge on any atom is 0.251 e. The molecule has 1 unspecified atom stereocenters. The summed E-state index contributed by atoms with van der Waals surface area (Å²) in [6.45, 7) is 0.854. The quantitative estimate of drug-likeness (QED) is 0.824. The van der Waals surface area contributed by atoms with Gasteiger partial charge in [-0.1, -0.05) is 0 Å². The predicted octanol–water partition coefficient (Wildman–Crippen LogP) is 2.53. The van der Waals surface area contributed by atoms with Crippen molar-refractivity contribution < 1.29 is 19.1 Å². The van der Waals surface area contributed by atoms with Gasteiger partial charge in [0.1, 0.15) is 17.6 Å². The van der Waals surface area contributed by atoms with E-state index in [1.807, 2.05) is 0 Å². The Morgan fingerprint density at radius 3 is 2.73 bits per heavy atom. The van der Waals surface area contributed by atoms with E-state index in [1.165, 1.54) is 19.1 Å². The van der Waals surface area contributed by atoms with E-state index in [1.54, 1.807) is 36.4 Å². The Morgan fingerprint density at radius 1 is 1.32 bits per heavy atom. The highest BCUT2D eigenvalue weighted by atomic mass is 16.5. The molecule has 3 rings (SSSR count). The Balaban J connectivity index is 1.48. The second-order valence-corrected chi connectivity index (χ2v) is 5.52.